The van der Waals surface area contributed by atoms with Crippen LogP contribution in [0.25, 0.3) is 0 Å². The number of rotatable bonds is 3. The molecule has 0 aliphatic carbocycles. The van der Waals surface area contributed by atoms with Crippen LogP contribution in [0.15, 0.2) is 18.2 Å². The van der Waals surface area contributed by atoms with E-state index in [1.54, 1.807) is 0 Å². The summed E-state index contributed by atoms with van der Waals surface area (Å²) in [4.78, 5) is 10.6. The van der Waals surface area contributed by atoms with Crippen LogP contribution in [0.3, 0.4) is 0 Å². The van der Waals surface area contributed by atoms with Crippen LogP contribution in [0.1, 0.15) is 38.1 Å². The molecule has 1 N–H and O–H groups in total. The number of hydrogen-bond donors (Lipinski definition) is 1. The number of carboxylic acid groups (broad SMARTS) is 1. The highest BCUT2D eigenvalue weighted by molar-refractivity contribution is 5.87. The third-order valence-corrected chi connectivity index (χ3v) is 2.70. The fourth-order valence-corrected chi connectivity index (χ4v) is 1.10. The Morgan fingerprint density at radius 3 is 2.41 bits per heavy atom. The summed E-state index contributed by atoms with van der Waals surface area (Å²) >= 11 is 0. The largest absolute Gasteiger partial charge is 0.487 e. The zero-order valence-electron chi connectivity index (χ0n) is 10.5. The van der Waals surface area contributed by atoms with Crippen molar-refractivity contribution in [2.45, 2.75) is 33.8 Å². The van der Waals surface area contributed by atoms with Gasteiger partial charge in [0.25, 0.3) is 0 Å². The molecule has 0 fully saturated rings. The number of halogens is 1. The SMILES string of the molecule is CC(Oc1ccc(C(=O)O)cc1F)C(C)(C)C. The summed E-state index contributed by atoms with van der Waals surface area (Å²) in [5.74, 6) is -1.72. The first-order valence-electron chi connectivity index (χ1n) is 5.41. The average Bonchev–Trinajstić information content (AvgIpc) is 2.19. The minimum absolute atomic E-state index is 0.0809. The fraction of sp³-hybridized carbons (Fsp3) is 0.462. The molecule has 0 bridgehead atoms. The van der Waals surface area contributed by atoms with Crippen LogP contribution in [0.5, 0.6) is 5.75 Å². The molecule has 0 aliphatic heterocycles. The van der Waals surface area contributed by atoms with Gasteiger partial charge in [0.2, 0.25) is 0 Å². The van der Waals surface area contributed by atoms with Crippen LogP contribution in [0.2, 0.25) is 0 Å². The van der Waals surface area contributed by atoms with E-state index in [2.05, 4.69) is 0 Å². The molecule has 1 aromatic rings. The Morgan fingerprint density at radius 2 is 2.00 bits per heavy atom. The highest BCUT2D eigenvalue weighted by Gasteiger charge is 2.23. The lowest BCUT2D eigenvalue weighted by Gasteiger charge is -2.28. The average molecular weight is 240 g/mol. The monoisotopic (exact) mass is 240 g/mol. The Morgan fingerprint density at radius 1 is 1.41 bits per heavy atom. The lowest BCUT2D eigenvalue weighted by Crippen LogP contribution is -2.29. The molecular formula is C13H17FO3. The second kappa shape index (κ2) is 4.73. The normalized spacial score (nSPS) is 13.2. The highest BCUT2D eigenvalue weighted by Crippen LogP contribution is 2.26. The molecular weight excluding hydrogens is 223 g/mol. The van der Waals surface area contributed by atoms with E-state index in [-0.39, 0.29) is 22.8 Å². The highest BCUT2D eigenvalue weighted by atomic mass is 19.1. The van der Waals surface area contributed by atoms with E-state index in [9.17, 15) is 9.18 Å². The van der Waals surface area contributed by atoms with Crippen LogP contribution in [0.4, 0.5) is 4.39 Å². The molecule has 94 valence electrons. The van der Waals surface area contributed by atoms with Crippen molar-refractivity contribution < 1.29 is 19.0 Å². The zero-order valence-corrected chi connectivity index (χ0v) is 10.5. The van der Waals surface area contributed by atoms with Crippen molar-refractivity contribution in [3.05, 3.63) is 29.6 Å². The molecule has 1 rings (SSSR count). The van der Waals surface area contributed by atoms with Crippen molar-refractivity contribution in [1.29, 1.82) is 0 Å². The lowest BCUT2D eigenvalue weighted by molar-refractivity contribution is 0.0695. The van der Waals surface area contributed by atoms with Gasteiger partial charge >= 0.3 is 5.97 Å². The smallest absolute Gasteiger partial charge is 0.335 e. The second-order valence-electron chi connectivity index (χ2n) is 5.08. The molecule has 0 aromatic heterocycles. The number of carbonyl (C=O) groups is 1. The maximum Gasteiger partial charge on any atom is 0.335 e. The third-order valence-electron chi connectivity index (χ3n) is 2.70. The van der Waals surface area contributed by atoms with Crippen molar-refractivity contribution in [2.24, 2.45) is 5.41 Å². The summed E-state index contributed by atoms with van der Waals surface area (Å²) in [6.07, 6.45) is -0.173. The van der Waals surface area contributed by atoms with E-state index < -0.39 is 11.8 Å². The van der Waals surface area contributed by atoms with Gasteiger partial charge in [-0.25, -0.2) is 9.18 Å². The first kappa shape index (κ1) is 13.5. The molecule has 0 spiro atoms. The van der Waals surface area contributed by atoms with Gasteiger partial charge in [-0.05, 0) is 30.5 Å². The Bertz CT molecular complexity index is 421. The van der Waals surface area contributed by atoms with Crippen molar-refractivity contribution in [1.82, 2.24) is 0 Å². The summed E-state index contributed by atoms with van der Waals surface area (Å²) in [7, 11) is 0. The molecule has 1 atom stereocenters. The zero-order chi connectivity index (χ0) is 13.2. The van der Waals surface area contributed by atoms with Gasteiger partial charge in [0.05, 0.1) is 5.56 Å². The quantitative estimate of drug-likeness (QED) is 0.881. The maximum absolute atomic E-state index is 13.6. The first-order chi connectivity index (χ1) is 7.71. The molecule has 0 heterocycles. The van der Waals surface area contributed by atoms with Crippen LogP contribution >= 0.6 is 0 Å². The van der Waals surface area contributed by atoms with Crippen molar-refractivity contribution in [2.75, 3.05) is 0 Å². The Hall–Kier alpha value is -1.58. The van der Waals surface area contributed by atoms with E-state index in [1.807, 2.05) is 27.7 Å². The van der Waals surface area contributed by atoms with E-state index in [0.29, 0.717) is 0 Å². The van der Waals surface area contributed by atoms with Crippen LogP contribution in [0, 0.1) is 11.2 Å². The minimum atomic E-state index is -1.15. The molecule has 0 amide bonds. The van der Waals surface area contributed by atoms with Crippen molar-refractivity contribution in [3.63, 3.8) is 0 Å². The predicted octanol–water partition coefficient (Wildman–Crippen LogP) is 3.34. The van der Waals surface area contributed by atoms with Gasteiger partial charge in [-0.1, -0.05) is 20.8 Å². The molecule has 0 radical (unpaired) electrons. The molecule has 1 aromatic carbocycles. The molecule has 4 heteroatoms. The van der Waals surface area contributed by atoms with E-state index in [1.165, 1.54) is 12.1 Å². The van der Waals surface area contributed by atoms with Gasteiger partial charge in [0.1, 0.15) is 6.10 Å². The van der Waals surface area contributed by atoms with Crippen molar-refractivity contribution >= 4 is 5.97 Å². The van der Waals surface area contributed by atoms with Gasteiger partial charge < -0.3 is 9.84 Å². The summed E-state index contributed by atoms with van der Waals surface area (Å²) in [5.41, 5.74) is -0.198. The van der Waals surface area contributed by atoms with Gasteiger partial charge in [0, 0.05) is 0 Å². The number of hydrogen-bond acceptors (Lipinski definition) is 2. The number of benzene rings is 1. The van der Waals surface area contributed by atoms with Crippen LogP contribution in [-0.2, 0) is 0 Å². The predicted molar refractivity (Wildman–Crippen MR) is 62.9 cm³/mol. The molecule has 17 heavy (non-hydrogen) atoms. The molecule has 0 saturated carbocycles. The van der Waals surface area contributed by atoms with Crippen molar-refractivity contribution in [3.8, 4) is 5.75 Å². The van der Waals surface area contributed by atoms with Gasteiger partial charge in [-0.15, -0.1) is 0 Å². The Kier molecular flexibility index (Phi) is 3.76. The first-order valence-corrected chi connectivity index (χ1v) is 5.41. The maximum atomic E-state index is 13.6. The second-order valence-corrected chi connectivity index (χ2v) is 5.08. The standard InChI is InChI=1S/C13H17FO3/c1-8(13(2,3)4)17-11-6-5-9(12(15)16)7-10(11)14/h5-8H,1-4H3,(H,15,16). The molecule has 1 unspecified atom stereocenters. The van der Waals surface area contributed by atoms with Gasteiger partial charge in [-0.2, -0.15) is 0 Å². The van der Waals surface area contributed by atoms with Gasteiger partial charge in [-0.3, -0.25) is 0 Å². The number of aromatic carboxylic acids is 1. The van der Waals surface area contributed by atoms with Crippen LogP contribution in [-0.4, -0.2) is 17.2 Å². The number of carboxylic acids is 1. The van der Waals surface area contributed by atoms with Gasteiger partial charge in [0.15, 0.2) is 11.6 Å². The molecule has 0 aliphatic rings. The van der Waals surface area contributed by atoms with E-state index in [4.69, 9.17) is 9.84 Å². The summed E-state index contributed by atoms with van der Waals surface area (Å²) in [5, 5.41) is 8.70. The third kappa shape index (κ3) is 3.44. The lowest BCUT2D eigenvalue weighted by atomic mass is 9.90. The van der Waals surface area contributed by atoms with E-state index in [0.717, 1.165) is 6.07 Å². The summed E-state index contributed by atoms with van der Waals surface area (Å²) in [6, 6.07) is 3.64. The van der Waals surface area contributed by atoms with Crippen LogP contribution < -0.4 is 4.74 Å². The van der Waals surface area contributed by atoms with E-state index >= 15 is 0 Å². The summed E-state index contributed by atoms with van der Waals surface area (Å²) < 4.78 is 19.0. The Labute approximate surface area is 100 Å². The minimum Gasteiger partial charge on any atom is -0.487 e. The summed E-state index contributed by atoms with van der Waals surface area (Å²) in [6.45, 7) is 7.81. The topological polar surface area (TPSA) is 46.5 Å². The fourth-order valence-electron chi connectivity index (χ4n) is 1.10. The Balaban J connectivity index is 2.90. The molecule has 0 saturated heterocycles. The number of ether oxygens (including phenoxy) is 1. The molecule has 3 nitrogen and oxygen atoms in total.